The molecule has 0 aliphatic rings. The summed E-state index contributed by atoms with van der Waals surface area (Å²) in [6, 6.07) is 68.5. The van der Waals surface area contributed by atoms with Gasteiger partial charge in [0, 0.05) is 52.6 Å². The van der Waals surface area contributed by atoms with Crippen LogP contribution in [-0.4, -0.2) is 0 Å². The highest BCUT2D eigenvalue weighted by molar-refractivity contribution is 7.27. The maximum Gasteiger partial charge on any atom is 0.0640 e. The minimum Gasteiger partial charge on any atom is -0.309 e. The number of hydrogen-bond acceptors (Lipinski definition) is 3. The Morgan fingerprint density at radius 2 is 0.863 bits per heavy atom. The average molecular weight is 686 g/mol. The van der Waals surface area contributed by atoms with E-state index in [0.29, 0.717) is 0 Å². The highest BCUT2D eigenvalue weighted by Crippen LogP contribution is 2.49. The molecule has 0 unspecified atom stereocenters. The van der Waals surface area contributed by atoms with Crippen LogP contribution in [0.15, 0.2) is 188 Å². The molecule has 0 saturated carbocycles. The van der Waals surface area contributed by atoms with Crippen molar-refractivity contribution < 1.29 is 0 Å². The van der Waals surface area contributed by atoms with Crippen molar-refractivity contribution in [3.63, 3.8) is 0 Å². The molecule has 0 radical (unpaired) electrons. The Hall–Kier alpha value is -6.00. The third-order valence-corrected chi connectivity index (χ3v) is 12.4. The molecule has 1 nitrogen and oxygen atoms in total. The Kier molecular flexibility index (Phi) is 7.26. The highest BCUT2D eigenvalue weighted by Gasteiger charge is 2.22. The first-order valence-corrected chi connectivity index (χ1v) is 18.9. The molecule has 0 spiro atoms. The number of para-hydroxylation sites is 1. The number of hydrogen-bond donors (Lipinski definition) is 0. The molecule has 0 N–H and O–H groups in total. The summed E-state index contributed by atoms with van der Waals surface area (Å²) < 4.78 is 5.23. The lowest BCUT2D eigenvalue weighted by atomic mass is 9.92. The minimum atomic E-state index is 1.13. The number of fused-ring (bicyclic) bond motifs is 6. The third kappa shape index (κ3) is 5.05. The Morgan fingerprint density at radius 1 is 0.314 bits per heavy atom. The van der Waals surface area contributed by atoms with E-state index in [0.717, 1.165) is 11.4 Å². The van der Waals surface area contributed by atoms with Gasteiger partial charge in [0.15, 0.2) is 0 Å². The third-order valence-electron chi connectivity index (χ3n) is 9.88. The largest absolute Gasteiger partial charge is 0.309 e. The van der Waals surface area contributed by atoms with Gasteiger partial charge in [-0.1, -0.05) is 152 Å². The van der Waals surface area contributed by atoms with Gasteiger partial charge >= 0.3 is 0 Å². The number of thiophene rings is 2. The predicted molar refractivity (Wildman–Crippen MR) is 223 cm³/mol. The topological polar surface area (TPSA) is 3.24 Å². The van der Waals surface area contributed by atoms with E-state index in [1.54, 1.807) is 0 Å². The summed E-state index contributed by atoms with van der Waals surface area (Å²) >= 11 is 3.78. The summed E-state index contributed by atoms with van der Waals surface area (Å²) in [5.41, 5.74) is 10.9. The number of nitrogens with zero attached hydrogens (tertiary/aromatic N) is 1. The van der Waals surface area contributed by atoms with Crippen LogP contribution in [0.2, 0.25) is 0 Å². The van der Waals surface area contributed by atoms with Crippen molar-refractivity contribution in [3.8, 4) is 33.4 Å². The van der Waals surface area contributed by atoms with Crippen molar-refractivity contribution in [3.05, 3.63) is 188 Å². The molecule has 2 heterocycles. The molecule has 10 rings (SSSR count). The van der Waals surface area contributed by atoms with Crippen LogP contribution in [0.1, 0.15) is 0 Å². The first kappa shape index (κ1) is 29.9. The second-order valence-electron chi connectivity index (χ2n) is 12.9. The first-order chi connectivity index (χ1) is 25.3. The van der Waals surface area contributed by atoms with Crippen LogP contribution < -0.4 is 4.90 Å². The SMILES string of the molecule is c1ccc(-c2ccc(N(c3ccccc3)c3cccc4c3sc3c(-c5ccccc5)cccc34)cc2-c2cccc3c2sc2ccccc23)cc1. The van der Waals surface area contributed by atoms with Crippen LogP contribution >= 0.6 is 22.7 Å². The van der Waals surface area contributed by atoms with Crippen LogP contribution in [0.5, 0.6) is 0 Å². The van der Waals surface area contributed by atoms with Gasteiger partial charge in [-0.3, -0.25) is 0 Å². The molecule has 2 aromatic heterocycles. The van der Waals surface area contributed by atoms with E-state index in [1.807, 2.05) is 22.7 Å². The van der Waals surface area contributed by atoms with Gasteiger partial charge in [0.05, 0.1) is 10.4 Å². The average Bonchev–Trinajstić information content (AvgIpc) is 3.78. The van der Waals surface area contributed by atoms with E-state index in [4.69, 9.17) is 0 Å². The molecule has 0 fully saturated rings. The van der Waals surface area contributed by atoms with E-state index in [-0.39, 0.29) is 0 Å². The summed E-state index contributed by atoms with van der Waals surface area (Å²) in [4.78, 5) is 2.45. The molecule has 0 atom stereocenters. The lowest BCUT2D eigenvalue weighted by Gasteiger charge is -2.27. The Labute approximate surface area is 304 Å². The van der Waals surface area contributed by atoms with Crippen LogP contribution in [0.4, 0.5) is 17.1 Å². The van der Waals surface area contributed by atoms with Crippen molar-refractivity contribution in [1.29, 1.82) is 0 Å². The van der Waals surface area contributed by atoms with Crippen molar-refractivity contribution in [2.24, 2.45) is 0 Å². The molecule has 3 heteroatoms. The zero-order valence-electron chi connectivity index (χ0n) is 27.7. The van der Waals surface area contributed by atoms with E-state index < -0.39 is 0 Å². The molecule has 51 heavy (non-hydrogen) atoms. The Balaban J connectivity index is 1.24. The van der Waals surface area contributed by atoms with E-state index in [9.17, 15) is 0 Å². The summed E-state index contributed by atoms with van der Waals surface area (Å²) in [6.07, 6.45) is 0. The van der Waals surface area contributed by atoms with E-state index >= 15 is 0 Å². The second kappa shape index (κ2) is 12.4. The van der Waals surface area contributed by atoms with Crippen molar-refractivity contribution in [2.45, 2.75) is 0 Å². The summed E-state index contributed by atoms with van der Waals surface area (Å²) in [5, 5.41) is 5.20. The number of benzene rings is 8. The zero-order chi connectivity index (χ0) is 33.7. The molecule has 0 bridgehead atoms. The molecular weight excluding hydrogens is 655 g/mol. The summed E-state index contributed by atoms with van der Waals surface area (Å²) in [6.45, 7) is 0. The molecule has 0 saturated heterocycles. The molecule has 0 aliphatic heterocycles. The van der Waals surface area contributed by atoms with Gasteiger partial charge < -0.3 is 4.90 Å². The van der Waals surface area contributed by atoms with Crippen molar-refractivity contribution >= 4 is 80.1 Å². The summed E-state index contributed by atoms with van der Waals surface area (Å²) in [5.74, 6) is 0. The van der Waals surface area contributed by atoms with Gasteiger partial charge in [0.25, 0.3) is 0 Å². The Morgan fingerprint density at radius 3 is 1.61 bits per heavy atom. The van der Waals surface area contributed by atoms with E-state index in [1.165, 1.54) is 79.4 Å². The smallest absolute Gasteiger partial charge is 0.0640 e. The van der Waals surface area contributed by atoms with Crippen LogP contribution in [-0.2, 0) is 0 Å². The minimum absolute atomic E-state index is 1.13. The van der Waals surface area contributed by atoms with Gasteiger partial charge in [-0.2, -0.15) is 0 Å². The second-order valence-corrected chi connectivity index (χ2v) is 14.9. The first-order valence-electron chi connectivity index (χ1n) is 17.3. The lowest BCUT2D eigenvalue weighted by Crippen LogP contribution is -2.10. The zero-order valence-corrected chi connectivity index (χ0v) is 29.3. The fourth-order valence-electron chi connectivity index (χ4n) is 7.55. The van der Waals surface area contributed by atoms with Crippen molar-refractivity contribution in [2.75, 3.05) is 4.90 Å². The van der Waals surface area contributed by atoms with Gasteiger partial charge in [0.1, 0.15) is 0 Å². The predicted octanol–water partition coefficient (Wildman–Crippen LogP) is 14.9. The molecular formula is C48H31NS2. The standard InChI is InChI=1S/C48H31NS2/c1-4-15-32(16-5-1)36-30-29-35(31-43(36)42-25-13-23-39-38-21-10-11-28-45(38)50-47(39)42)49(34-19-8-3-9-20-34)44-27-14-26-41-40-24-12-22-37(46(40)51-48(41)44)33-17-6-2-7-18-33/h1-31H. The van der Waals surface area contributed by atoms with Gasteiger partial charge in [-0.15, -0.1) is 22.7 Å². The fourth-order valence-corrected chi connectivity index (χ4v) is 10.1. The molecule has 0 aliphatic carbocycles. The normalized spacial score (nSPS) is 11.5. The van der Waals surface area contributed by atoms with Gasteiger partial charge in [-0.05, 0) is 64.2 Å². The number of rotatable bonds is 6. The molecule has 10 aromatic rings. The van der Waals surface area contributed by atoms with Crippen LogP contribution in [0.25, 0.3) is 73.7 Å². The Bertz CT molecular complexity index is 2850. The molecule has 240 valence electrons. The molecule has 0 amide bonds. The monoisotopic (exact) mass is 685 g/mol. The maximum absolute atomic E-state index is 2.45. The quantitative estimate of drug-likeness (QED) is 0.168. The number of anilines is 3. The lowest BCUT2D eigenvalue weighted by molar-refractivity contribution is 1.30. The molecule has 8 aromatic carbocycles. The van der Waals surface area contributed by atoms with Gasteiger partial charge in [0.2, 0.25) is 0 Å². The van der Waals surface area contributed by atoms with E-state index in [2.05, 4.69) is 193 Å². The van der Waals surface area contributed by atoms with Crippen molar-refractivity contribution in [1.82, 2.24) is 0 Å². The maximum atomic E-state index is 2.45. The van der Waals surface area contributed by atoms with Crippen LogP contribution in [0.3, 0.4) is 0 Å². The van der Waals surface area contributed by atoms with Crippen LogP contribution in [0, 0.1) is 0 Å². The fraction of sp³-hybridized carbons (Fsp3) is 0. The highest BCUT2D eigenvalue weighted by atomic mass is 32.1. The van der Waals surface area contributed by atoms with Gasteiger partial charge in [-0.25, -0.2) is 0 Å². The summed E-state index contributed by atoms with van der Waals surface area (Å²) in [7, 11) is 0.